The minimum Gasteiger partial charge on any atom is -0.269 e. The second-order valence-corrected chi connectivity index (χ2v) is 7.15. The van der Waals surface area contributed by atoms with Gasteiger partial charge < -0.3 is 0 Å². The molecule has 1 unspecified atom stereocenters. The van der Waals surface area contributed by atoms with Crippen LogP contribution in [0.5, 0.6) is 0 Å². The van der Waals surface area contributed by atoms with Crippen molar-refractivity contribution in [1.82, 2.24) is 9.78 Å². The monoisotopic (exact) mass is 310 g/mol. The van der Waals surface area contributed by atoms with Crippen LogP contribution in [0.2, 0.25) is 0 Å². The molecule has 0 N–H and O–H groups in total. The summed E-state index contributed by atoms with van der Waals surface area (Å²) in [5, 5.41) is 4.75. The highest BCUT2D eigenvalue weighted by molar-refractivity contribution is 9.09. The van der Waals surface area contributed by atoms with E-state index in [1.54, 1.807) is 0 Å². The van der Waals surface area contributed by atoms with E-state index in [2.05, 4.69) is 32.9 Å². The molecule has 3 rings (SSSR count). The Labute approximate surface area is 118 Å². The SMILES string of the molecule is BrC(CCCc1ccn(C2CCCC2)n1)C1CC1. The minimum atomic E-state index is 0.689. The Bertz CT molecular complexity index is 378. The molecule has 100 valence electrons. The molecule has 2 nitrogen and oxygen atoms in total. The number of aromatic nitrogens is 2. The zero-order valence-electron chi connectivity index (χ0n) is 11.0. The van der Waals surface area contributed by atoms with Gasteiger partial charge >= 0.3 is 0 Å². The number of hydrogen-bond donors (Lipinski definition) is 0. The summed E-state index contributed by atoms with van der Waals surface area (Å²) >= 11 is 3.81. The number of aryl methyl sites for hydroxylation is 1. The third-order valence-electron chi connectivity index (χ3n) is 4.41. The van der Waals surface area contributed by atoms with Crippen LogP contribution in [0.3, 0.4) is 0 Å². The molecule has 3 heteroatoms. The van der Waals surface area contributed by atoms with Crippen LogP contribution in [0.25, 0.3) is 0 Å². The topological polar surface area (TPSA) is 17.8 Å². The van der Waals surface area contributed by atoms with E-state index in [1.807, 2.05) is 0 Å². The molecule has 1 aromatic rings. The van der Waals surface area contributed by atoms with Gasteiger partial charge in [0.2, 0.25) is 0 Å². The second-order valence-electron chi connectivity index (χ2n) is 5.97. The molecule has 0 radical (unpaired) electrons. The van der Waals surface area contributed by atoms with Gasteiger partial charge in [-0.1, -0.05) is 28.8 Å². The Hall–Kier alpha value is -0.310. The first-order chi connectivity index (χ1) is 8.83. The van der Waals surface area contributed by atoms with E-state index < -0.39 is 0 Å². The Morgan fingerprint density at radius 2 is 2.06 bits per heavy atom. The average molecular weight is 311 g/mol. The maximum absolute atomic E-state index is 4.75. The lowest BCUT2D eigenvalue weighted by Crippen LogP contribution is -2.06. The molecule has 0 aliphatic heterocycles. The van der Waals surface area contributed by atoms with E-state index in [-0.39, 0.29) is 0 Å². The fourth-order valence-corrected chi connectivity index (χ4v) is 3.91. The standard InChI is InChI=1S/C15H23BrN2/c16-15(12-8-9-12)7-3-4-13-10-11-18(17-13)14-5-1-2-6-14/h10-12,14-15H,1-9H2. The quantitative estimate of drug-likeness (QED) is 0.708. The molecule has 2 aliphatic carbocycles. The molecule has 2 saturated carbocycles. The number of hydrogen-bond acceptors (Lipinski definition) is 1. The van der Waals surface area contributed by atoms with Crippen molar-refractivity contribution < 1.29 is 0 Å². The first-order valence-electron chi connectivity index (χ1n) is 7.51. The highest BCUT2D eigenvalue weighted by Gasteiger charge is 2.28. The molecule has 0 amide bonds. The van der Waals surface area contributed by atoms with Crippen molar-refractivity contribution in [1.29, 1.82) is 0 Å². The van der Waals surface area contributed by atoms with Gasteiger partial charge in [0.15, 0.2) is 0 Å². The Balaban J connectivity index is 1.44. The summed E-state index contributed by atoms with van der Waals surface area (Å²) < 4.78 is 2.22. The highest BCUT2D eigenvalue weighted by Crippen LogP contribution is 2.38. The zero-order valence-corrected chi connectivity index (χ0v) is 12.6. The fraction of sp³-hybridized carbons (Fsp3) is 0.800. The summed E-state index contributed by atoms with van der Waals surface area (Å²) in [6.45, 7) is 0. The Kier molecular flexibility index (Phi) is 4.07. The van der Waals surface area contributed by atoms with Gasteiger partial charge in [0.1, 0.15) is 0 Å². The normalized spacial score (nSPS) is 22.5. The van der Waals surface area contributed by atoms with Crippen LogP contribution in [0.15, 0.2) is 12.3 Å². The molecule has 0 aromatic carbocycles. The van der Waals surface area contributed by atoms with Crippen LogP contribution in [0.1, 0.15) is 63.1 Å². The van der Waals surface area contributed by atoms with Crippen molar-refractivity contribution in [2.75, 3.05) is 0 Å². The van der Waals surface area contributed by atoms with Crippen LogP contribution in [-0.2, 0) is 6.42 Å². The van der Waals surface area contributed by atoms with Gasteiger partial charge in [0.25, 0.3) is 0 Å². The van der Waals surface area contributed by atoms with Gasteiger partial charge in [-0.2, -0.15) is 5.10 Å². The Morgan fingerprint density at radius 1 is 1.28 bits per heavy atom. The first kappa shape index (κ1) is 12.7. The van der Waals surface area contributed by atoms with Gasteiger partial charge in [-0.15, -0.1) is 0 Å². The van der Waals surface area contributed by atoms with Gasteiger partial charge in [-0.25, -0.2) is 0 Å². The van der Waals surface area contributed by atoms with Gasteiger partial charge in [-0.05, 0) is 56.9 Å². The average Bonchev–Trinajstić information content (AvgIpc) is 2.90. The zero-order chi connectivity index (χ0) is 12.4. The van der Waals surface area contributed by atoms with Gasteiger partial charge in [-0.3, -0.25) is 4.68 Å². The molecule has 1 atom stereocenters. The van der Waals surface area contributed by atoms with Crippen LogP contribution in [0, 0.1) is 5.92 Å². The lowest BCUT2D eigenvalue weighted by Gasteiger charge is -2.09. The maximum atomic E-state index is 4.75. The van der Waals surface area contributed by atoms with Crippen molar-refractivity contribution in [3.63, 3.8) is 0 Å². The summed E-state index contributed by atoms with van der Waals surface area (Å²) in [4.78, 5) is 0.759. The molecule has 0 bridgehead atoms. The smallest absolute Gasteiger partial charge is 0.0624 e. The van der Waals surface area contributed by atoms with Crippen molar-refractivity contribution in [3.05, 3.63) is 18.0 Å². The number of rotatable bonds is 6. The first-order valence-corrected chi connectivity index (χ1v) is 8.42. The molecular weight excluding hydrogens is 288 g/mol. The van der Waals surface area contributed by atoms with E-state index in [1.165, 1.54) is 57.1 Å². The highest BCUT2D eigenvalue weighted by atomic mass is 79.9. The van der Waals surface area contributed by atoms with Crippen molar-refractivity contribution in [3.8, 4) is 0 Å². The summed E-state index contributed by atoms with van der Waals surface area (Å²) in [6, 6.07) is 2.91. The Morgan fingerprint density at radius 3 is 2.78 bits per heavy atom. The summed E-state index contributed by atoms with van der Waals surface area (Å²) in [5.74, 6) is 0.973. The summed E-state index contributed by atoms with van der Waals surface area (Å²) in [6.07, 6.45) is 14.2. The minimum absolute atomic E-state index is 0.689. The predicted octanol–water partition coefficient (Wildman–Crippen LogP) is 4.49. The molecule has 18 heavy (non-hydrogen) atoms. The van der Waals surface area contributed by atoms with Crippen LogP contribution < -0.4 is 0 Å². The number of halogens is 1. The molecule has 1 aromatic heterocycles. The van der Waals surface area contributed by atoms with Gasteiger partial charge in [0, 0.05) is 11.0 Å². The maximum Gasteiger partial charge on any atom is 0.0624 e. The molecular formula is C15H23BrN2. The van der Waals surface area contributed by atoms with Crippen molar-refractivity contribution >= 4 is 15.9 Å². The van der Waals surface area contributed by atoms with Crippen LogP contribution in [-0.4, -0.2) is 14.6 Å². The predicted molar refractivity (Wildman–Crippen MR) is 78.1 cm³/mol. The largest absolute Gasteiger partial charge is 0.269 e. The van der Waals surface area contributed by atoms with E-state index in [0.717, 1.165) is 17.2 Å². The van der Waals surface area contributed by atoms with Crippen molar-refractivity contribution in [2.24, 2.45) is 5.92 Å². The third kappa shape index (κ3) is 3.17. The van der Waals surface area contributed by atoms with Crippen molar-refractivity contribution in [2.45, 2.75) is 68.7 Å². The number of alkyl halides is 1. The third-order valence-corrected chi connectivity index (χ3v) is 5.61. The van der Waals surface area contributed by atoms with E-state index in [4.69, 9.17) is 5.10 Å². The molecule has 0 saturated heterocycles. The molecule has 0 spiro atoms. The van der Waals surface area contributed by atoms with Crippen LogP contribution in [0.4, 0.5) is 0 Å². The molecule has 1 heterocycles. The lowest BCUT2D eigenvalue weighted by atomic mass is 10.1. The lowest BCUT2D eigenvalue weighted by molar-refractivity contribution is 0.462. The van der Waals surface area contributed by atoms with E-state index in [0.29, 0.717) is 6.04 Å². The second kappa shape index (κ2) is 5.77. The molecule has 2 fully saturated rings. The van der Waals surface area contributed by atoms with E-state index in [9.17, 15) is 0 Å². The van der Waals surface area contributed by atoms with Crippen LogP contribution >= 0.6 is 15.9 Å². The fourth-order valence-electron chi connectivity index (χ4n) is 3.05. The van der Waals surface area contributed by atoms with E-state index >= 15 is 0 Å². The van der Waals surface area contributed by atoms with Gasteiger partial charge in [0.05, 0.1) is 11.7 Å². The number of nitrogens with zero attached hydrogens (tertiary/aromatic N) is 2. The molecule has 2 aliphatic rings. The summed E-state index contributed by atoms with van der Waals surface area (Å²) in [7, 11) is 0. The summed E-state index contributed by atoms with van der Waals surface area (Å²) in [5.41, 5.74) is 1.29.